The van der Waals surface area contributed by atoms with Crippen molar-refractivity contribution in [2.45, 2.75) is 6.92 Å². The Hall–Kier alpha value is -4.01. The van der Waals surface area contributed by atoms with Gasteiger partial charge in [0, 0.05) is 17.4 Å². The largest absolute Gasteiger partial charge is 0.480 e. The Balaban J connectivity index is 1.69. The molecule has 9 heteroatoms. The summed E-state index contributed by atoms with van der Waals surface area (Å²) in [5.74, 6) is -1.37. The van der Waals surface area contributed by atoms with Crippen LogP contribution < -0.4 is 10.6 Å². The number of hydrogen-bond acceptors (Lipinski definition) is 5. The Morgan fingerprint density at radius 3 is 2.46 bits per heavy atom. The van der Waals surface area contributed by atoms with Crippen molar-refractivity contribution in [3.8, 4) is 5.82 Å². The number of nitrogens with one attached hydrogen (secondary N) is 2. The molecule has 0 aliphatic heterocycles. The number of benzene rings is 1. The molecule has 0 bridgehead atoms. The molecule has 0 atom stereocenters. The molecule has 1 aromatic carbocycles. The Morgan fingerprint density at radius 2 is 1.82 bits per heavy atom. The summed E-state index contributed by atoms with van der Waals surface area (Å²) in [6.07, 6.45) is 3.11. The number of carbonyl (C=O) groups excluding carboxylic acids is 2. The average Bonchev–Trinajstić information content (AvgIpc) is 3.09. The van der Waals surface area contributed by atoms with Gasteiger partial charge in [-0.2, -0.15) is 5.10 Å². The van der Waals surface area contributed by atoms with Gasteiger partial charge >= 0.3 is 5.97 Å². The highest BCUT2D eigenvalue weighted by molar-refractivity contribution is 6.05. The summed E-state index contributed by atoms with van der Waals surface area (Å²) in [4.78, 5) is 39.1. The SMILES string of the molecule is Cc1c(C(=O)Nc2ccc(C(=O)NCC(=O)O)cc2)cnn1-c1ccccn1. The summed E-state index contributed by atoms with van der Waals surface area (Å²) < 4.78 is 1.57. The first-order chi connectivity index (χ1) is 13.5. The third-order valence-electron chi connectivity index (χ3n) is 3.93. The van der Waals surface area contributed by atoms with Gasteiger partial charge in [0.05, 0.1) is 17.5 Å². The van der Waals surface area contributed by atoms with E-state index in [4.69, 9.17) is 5.11 Å². The number of aromatic nitrogens is 3. The van der Waals surface area contributed by atoms with E-state index in [2.05, 4.69) is 20.7 Å². The van der Waals surface area contributed by atoms with Gasteiger partial charge in [0.2, 0.25) is 0 Å². The quantitative estimate of drug-likeness (QED) is 0.598. The number of rotatable bonds is 6. The van der Waals surface area contributed by atoms with Gasteiger partial charge in [0.15, 0.2) is 5.82 Å². The molecular weight excluding hydrogens is 362 g/mol. The minimum atomic E-state index is -1.13. The second-order valence-corrected chi connectivity index (χ2v) is 5.85. The monoisotopic (exact) mass is 379 g/mol. The molecule has 0 aliphatic rings. The van der Waals surface area contributed by atoms with Crippen LogP contribution in [-0.2, 0) is 4.79 Å². The van der Waals surface area contributed by atoms with Crippen LogP contribution in [-0.4, -0.2) is 44.2 Å². The molecule has 0 aliphatic carbocycles. The lowest BCUT2D eigenvalue weighted by Gasteiger charge is -2.07. The lowest BCUT2D eigenvalue weighted by molar-refractivity contribution is -0.135. The van der Waals surface area contributed by atoms with Gasteiger partial charge in [-0.3, -0.25) is 14.4 Å². The van der Waals surface area contributed by atoms with E-state index in [0.717, 1.165) is 0 Å². The molecule has 9 nitrogen and oxygen atoms in total. The van der Waals surface area contributed by atoms with Crippen LogP contribution in [0.2, 0.25) is 0 Å². The number of nitrogens with zero attached hydrogens (tertiary/aromatic N) is 3. The van der Waals surface area contributed by atoms with Gasteiger partial charge < -0.3 is 15.7 Å². The van der Waals surface area contributed by atoms with Crippen molar-refractivity contribution in [2.75, 3.05) is 11.9 Å². The van der Waals surface area contributed by atoms with Crippen LogP contribution in [0.4, 0.5) is 5.69 Å². The van der Waals surface area contributed by atoms with E-state index in [1.165, 1.54) is 18.3 Å². The van der Waals surface area contributed by atoms with Crippen LogP contribution in [0, 0.1) is 6.92 Å². The maximum atomic E-state index is 12.5. The molecule has 0 saturated carbocycles. The number of aliphatic carboxylic acids is 1. The standard InChI is InChI=1S/C19H17N5O4/c1-12-15(10-22-24(12)16-4-2-3-9-20-16)19(28)23-14-7-5-13(6-8-14)18(27)21-11-17(25)26/h2-10H,11H2,1H3,(H,21,27)(H,23,28)(H,25,26). The third kappa shape index (κ3) is 4.21. The van der Waals surface area contributed by atoms with Crippen LogP contribution in [0.5, 0.6) is 0 Å². The van der Waals surface area contributed by atoms with Gasteiger partial charge in [-0.1, -0.05) is 6.07 Å². The van der Waals surface area contributed by atoms with Crippen molar-refractivity contribution in [2.24, 2.45) is 0 Å². The first-order valence-electron chi connectivity index (χ1n) is 8.33. The highest BCUT2D eigenvalue weighted by Gasteiger charge is 2.16. The number of hydrogen-bond donors (Lipinski definition) is 3. The van der Waals surface area contributed by atoms with Crippen molar-refractivity contribution in [1.82, 2.24) is 20.1 Å². The smallest absolute Gasteiger partial charge is 0.322 e. The molecule has 2 heterocycles. The molecule has 0 radical (unpaired) electrons. The Bertz CT molecular complexity index is 1010. The number of carboxylic acid groups (broad SMARTS) is 1. The zero-order valence-corrected chi connectivity index (χ0v) is 14.9. The van der Waals surface area contributed by atoms with E-state index in [0.29, 0.717) is 28.3 Å². The molecule has 3 N–H and O–H groups in total. The summed E-state index contributed by atoms with van der Waals surface area (Å²) >= 11 is 0. The average molecular weight is 379 g/mol. The predicted octanol–water partition coefficient (Wildman–Crippen LogP) is 1.64. The first-order valence-corrected chi connectivity index (χ1v) is 8.33. The fraction of sp³-hybridized carbons (Fsp3) is 0.105. The molecule has 0 unspecified atom stereocenters. The molecule has 3 rings (SSSR count). The summed E-state index contributed by atoms with van der Waals surface area (Å²) in [7, 11) is 0. The normalized spacial score (nSPS) is 10.3. The maximum absolute atomic E-state index is 12.5. The minimum Gasteiger partial charge on any atom is -0.480 e. The molecule has 2 aromatic heterocycles. The maximum Gasteiger partial charge on any atom is 0.322 e. The van der Waals surface area contributed by atoms with Crippen LogP contribution in [0.25, 0.3) is 5.82 Å². The van der Waals surface area contributed by atoms with Gasteiger partial charge in [-0.25, -0.2) is 9.67 Å². The first kappa shape index (κ1) is 18.8. The molecule has 3 aromatic rings. The number of carbonyl (C=O) groups is 3. The zero-order valence-electron chi connectivity index (χ0n) is 14.9. The fourth-order valence-corrected chi connectivity index (χ4v) is 2.50. The predicted molar refractivity (Wildman–Crippen MR) is 100 cm³/mol. The van der Waals surface area contributed by atoms with Gasteiger partial charge in [-0.05, 0) is 43.3 Å². The Morgan fingerprint density at radius 1 is 1.07 bits per heavy atom. The minimum absolute atomic E-state index is 0.290. The number of carboxylic acids is 1. The molecule has 0 spiro atoms. The second kappa shape index (κ2) is 8.12. The molecule has 0 saturated heterocycles. The summed E-state index contributed by atoms with van der Waals surface area (Å²) in [6, 6.07) is 11.5. The number of amides is 2. The fourth-order valence-electron chi connectivity index (χ4n) is 2.50. The van der Waals surface area contributed by atoms with E-state index in [1.807, 2.05) is 6.07 Å². The number of anilines is 1. The molecule has 142 valence electrons. The lowest BCUT2D eigenvalue weighted by atomic mass is 10.2. The van der Waals surface area contributed by atoms with E-state index < -0.39 is 18.4 Å². The van der Waals surface area contributed by atoms with Gasteiger partial charge in [0.25, 0.3) is 11.8 Å². The van der Waals surface area contributed by atoms with E-state index in [9.17, 15) is 14.4 Å². The van der Waals surface area contributed by atoms with Crippen LogP contribution in [0.1, 0.15) is 26.4 Å². The van der Waals surface area contributed by atoms with Crippen LogP contribution >= 0.6 is 0 Å². The zero-order chi connectivity index (χ0) is 20.1. The Labute approximate surface area is 160 Å². The van der Waals surface area contributed by atoms with E-state index in [1.54, 1.807) is 42.1 Å². The summed E-state index contributed by atoms with van der Waals surface area (Å²) in [5.41, 5.74) is 1.82. The Kier molecular flexibility index (Phi) is 5.45. The summed E-state index contributed by atoms with van der Waals surface area (Å²) in [5, 5.41) is 17.8. The van der Waals surface area contributed by atoms with E-state index >= 15 is 0 Å². The van der Waals surface area contributed by atoms with Gasteiger partial charge in [-0.15, -0.1) is 0 Å². The van der Waals surface area contributed by atoms with Crippen LogP contribution in [0.3, 0.4) is 0 Å². The topological polar surface area (TPSA) is 126 Å². The van der Waals surface area contributed by atoms with Crippen LogP contribution in [0.15, 0.2) is 54.9 Å². The summed E-state index contributed by atoms with van der Waals surface area (Å²) in [6.45, 7) is 1.31. The second-order valence-electron chi connectivity index (χ2n) is 5.85. The van der Waals surface area contributed by atoms with Crippen molar-refractivity contribution in [3.63, 3.8) is 0 Å². The number of pyridine rings is 1. The molecule has 2 amide bonds. The van der Waals surface area contributed by atoms with Crippen molar-refractivity contribution in [3.05, 3.63) is 71.7 Å². The van der Waals surface area contributed by atoms with Crippen molar-refractivity contribution < 1.29 is 19.5 Å². The van der Waals surface area contributed by atoms with E-state index in [-0.39, 0.29) is 5.91 Å². The van der Waals surface area contributed by atoms with Crippen molar-refractivity contribution in [1.29, 1.82) is 0 Å². The molecular formula is C19H17N5O4. The van der Waals surface area contributed by atoms with Gasteiger partial charge in [0.1, 0.15) is 6.54 Å². The molecule has 0 fully saturated rings. The van der Waals surface area contributed by atoms with Crippen molar-refractivity contribution >= 4 is 23.5 Å². The third-order valence-corrected chi connectivity index (χ3v) is 3.93. The molecule has 28 heavy (non-hydrogen) atoms. The highest BCUT2D eigenvalue weighted by atomic mass is 16.4. The highest BCUT2D eigenvalue weighted by Crippen LogP contribution is 2.15. The lowest BCUT2D eigenvalue weighted by Crippen LogP contribution is -2.29.